The van der Waals surface area contributed by atoms with Gasteiger partial charge in [-0.3, -0.25) is 0 Å². The van der Waals surface area contributed by atoms with Gasteiger partial charge in [0.1, 0.15) is 17.6 Å². The van der Waals surface area contributed by atoms with E-state index in [1.807, 2.05) is 18.2 Å². The molecular formula is C14H14N2O2. The lowest BCUT2D eigenvalue weighted by Gasteiger charge is -2.09. The number of hydrogen-bond acceptors (Lipinski definition) is 4. The molecule has 0 spiro atoms. The molecule has 2 rings (SSSR count). The highest BCUT2D eigenvalue weighted by Gasteiger charge is 2.04. The fourth-order valence-corrected chi connectivity index (χ4v) is 1.67. The van der Waals surface area contributed by atoms with Gasteiger partial charge in [-0.2, -0.15) is 5.26 Å². The summed E-state index contributed by atoms with van der Waals surface area (Å²) in [6, 6.07) is 11.3. The molecule has 1 N–H and O–H groups in total. The molecule has 0 fully saturated rings. The Labute approximate surface area is 106 Å². The van der Waals surface area contributed by atoms with Crippen LogP contribution in [0.5, 0.6) is 5.75 Å². The number of rotatable bonds is 5. The van der Waals surface area contributed by atoms with Crippen LogP contribution in [0, 0.1) is 11.3 Å². The maximum Gasteiger partial charge on any atom is 0.121 e. The molecule has 0 aliphatic heterocycles. The van der Waals surface area contributed by atoms with Gasteiger partial charge in [0.25, 0.3) is 0 Å². The molecule has 18 heavy (non-hydrogen) atoms. The summed E-state index contributed by atoms with van der Waals surface area (Å²) in [7, 11) is 1.61. The number of methoxy groups -OCH3 is 1. The van der Waals surface area contributed by atoms with E-state index in [4.69, 9.17) is 14.4 Å². The zero-order valence-corrected chi connectivity index (χ0v) is 10.1. The average Bonchev–Trinajstić information content (AvgIpc) is 2.92. The minimum Gasteiger partial charge on any atom is -0.497 e. The van der Waals surface area contributed by atoms with Crippen LogP contribution in [0.3, 0.4) is 0 Å². The van der Waals surface area contributed by atoms with Crippen LogP contribution in [-0.2, 0) is 6.42 Å². The Bertz CT molecular complexity index is 541. The van der Waals surface area contributed by atoms with E-state index in [1.165, 1.54) is 0 Å². The molecule has 0 saturated carbocycles. The molecule has 0 atom stereocenters. The first-order valence-corrected chi connectivity index (χ1v) is 5.68. The molecule has 4 heteroatoms. The normalized spacial score (nSPS) is 9.78. The van der Waals surface area contributed by atoms with Crippen molar-refractivity contribution in [3.63, 3.8) is 0 Å². The Morgan fingerprint density at radius 2 is 2.28 bits per heavy atom. The third kappa shape index (κ3) is 2.83. The van der Waals surface area contributed by atoms with Gasteiger partial charge in [-0.15, -0.1) is 0 Å². The first-order chi connectivity index (χ1) is 8.83. The van der Waals surface area contributed by atoms with Gasteiger partial charge in [-0.05, 0) is 24.3 Å². The van der Waals surface area contributed by atoms with Gasteiger partial charge in [-0.25, -0.2) is 0 Å². The highest BCUT2D eigenvalue weighted by Crippen LogP contribution is 2.21. The van der Waals surface area contributed by atoms with Crippen molar-refractivity contribution in [3.05, 3.63) is 47.9 Å². The molecule has 0 aliphatic carbocycles. The lowest BCUT2D eigenvalue weighted by atomic mass is 10.2. The summed E-state index contributed by atoms with van der Waals surface area (Å²) in [4.78, 5) is 0. The van der Waals surface area contributed by atoms with Crippen LogP contribution in [0.15, 0.2) is 41.0 Å². The van der Waals surface area contributed by atoms with Crippen LogP contribution in [0.4, 0.5) is 5.69 Å². The number of ether oxygens (including phenoxy) is 1. The van der Waals surface area contributed by atoms with Crippen LogP contribution < -0.4 is 10.1 Å². The van der Waals surface area contributed by atoms with E-state index < -0.39 is 0 Å². The maximum atomic E-state index is 9.02. The molecular weight excluding hydrogens is 228 g/mol. The summed E-state index contributed by atoms with van der Waals surface area (Å²) < 4.78 is 10.4. The quantitative estimate of drug-likeness (QED) is 0.875. The number of nitrogens with zero attached hydrogens (tertiary/aromatic N) is 1. The SMILES string of the molecule is COc1ccc(C#N)c(NCCc2ccco2)c1. The molecule has 0 saturated heterocycles. The van der Waals surface area contributed by atoms with Crippen LogP contribution in [0.1, 0.15) is 11.3 Å². The van der Waals surface area contributed by atoms with Crippen molar-refractivity contribution >= 4 is 5.69 Å². The van der Waals surface area contributed by atoms with E-state index in [-0.39, 0.29) is 0 Å². The topological polar surface area (TPSA) is 58.2 Å². The van der Waals surface area contributed by atoms with Gasteiger partial charge in [0, 0.05) is 19.0 Å². The molecule has 1 aromatic carbocycles. The minimum absolute atomic E-state index is 0.607. The Hall–Kier alpha value is -2.41. The molecule has 0 bridgehead atoms. The second-order valence-corrected chi connectivity index (χ2v) is 3.78. The number of nitriles is 1. The largest absolute Gasteiger partial charge is 0.497 e. The van der Waals surface area contributed by atoms with Crippen molar-refractivity contribution in [2.75, 3.05) is 19.0 Å². The zero-order chi connectivity index (χ0) is 12.8. The van der Waals surface area contributed by atoms with Crippen molar-refractivity contribution in [2.24, 2.45) is 0 Å². The molecule has 92 valence electrons. The fraction of sp³-hybridized carbons (Fsp3) is 0.214. The molecule has 1 aromatic heterocycles. The van der Waals surface area contributed by atoms with Crippen LogP contribution >= 0.6 is 0 Å². The van der Waals surface area contributed by atoms with E-state index in [0.717, 1.165) is 23.6 Å². The fourth-order valence-electron chi connectivity index (χ4n) is 1.67. The van der Waals surface area contributed by atoms with Crippen LogP contribution in [-0.4, -0.2) is 13.7 Å². The van der Waals surface area contributed by atoms with Gasteiger partial charge in [0.2, 0.25) is 0 Å². The summed E-state index contributed by atoms with van der Waals surface area (Å²) in [5, 5.41) is 12.2. The Morgan fingerprint density at radius 1 is 1.39 bits per heavy atom. The van der Waals surface area contributed by atoms with Crippen LogP contribution in [0.25, 0.3) is 0 Å². The first-order valence-electron chi connectivity index (χ1n) is 5.68. The third-order valence-electron chi connectivity index (χ3n) is 2.61. The Balaban J connectivity index is 2.01. The van der Waals surface area contributed by atoms with Gasteiger partial charge in [-0.1, -0.05) is 0 Å². The molecule has 2 aromatic rings. The van der Waals surface area contributed by atoms with Crippen molar-refractivity contribution < 1.29 is 9.15 Å². The maximum absolute atomic E-state index is 9.02. The van der Waals surface area contributed by atoms with E-state index >= 15 is 0 Å². The second-order valence-electron chi connectivity index (χ2n) is 3.78. The number of nitrogens with one attached hydrogen (secondary N) is 1. The van der Waals surface area contributed by atoms with Crippen molar-refractivity contribution in [2.45, 2.75) is 6.42 Å². The standard InChI is InChI=1S/C14H14N2O2/c1-17-13-5-4-11(10-15)14(9-13)16-7-6-12-3-2-8-18-12/h2-5,8-9,16H,6-7H2,1H3. The molecule has 4 nitrogen and oxygen atoms in total. The van der Waals surface area contributed by atoms with Gasteiger partial charge < -0.3 is 14.5 Å². The third-order valence-corrected chi connectivity index (χ3v) is 2.61. The zero-order valence-electron chi connectivity index (χ0n) is 10.1. The highest BCUT2D eigenvalue weighted by molar-refractivity contribution is 5.60. The predicted octanol–water partition coefficient (Wildman–Crippen LogP) is 2.81. The van der Waals surface area contributed by atoms with E-state index in [2.05, 4.69) is 11.4 Å². The summed E-state index contributed by atoms with van der Waals surface area (Å²) in [6.07, 6.45) is 2.43. The Kier molecular flexibility index (Phi) is 3.87. The molecule has 0 unspecified atom stereocenters. The van der Waals surface area contributed by atoms with Crippen molar-refractivity contribution in [1.29, 1.82) is 5.26 Å². The van der Waals surface area contributed by atoms with Gasteiger partial charge in [0.05, 0.1) is 24.6 Å². The molecule has 0 radical (unpaired) electrons. The number of benzene rings is 1. The summed E-state index contributed by atoms with van der Waals surface area (Å²) in [6.45, 7) is 0.704. The first kappa shape index (κ1) is 12.1. The smallest absolute Gasteiger partial charge is 0.121 e. The predicted molar refractivity (Wildman–Crippen MR) is 68.6 cm³/mol. The van der Waals surface area contributed by atoms with Crippen LogP contribution in [0.2, 0.25) is 0 Å². The number of anilines is 1. The van der Waals surface area contributed by atoms with E-state index in [1.54, 1.807) is 25.5 Å². The van der Waals surface area contributed by atoms with Crippen molar-refractivity contribution in [3.8, 4) is 11.8 Å². The molecule has 1 heterocycles. The lowest BCUT2D eigenvalue weighted by molar-refractivity contribution is 0.415. The average molecular weight is 242 g/mol. The summed E-state index contributed by atoms with van der Waals surface area (Å²) in [5.41, 5.74) is 1.39. The number of furan rings is 1. The van der Waals surface area contributed by atoms with Gasteiger partial charge in [0.15, 0.2) is 0 Å². The molecule has 0 aliphatic rings. The number of hydrogen-bond donors (Lipinski definition) is 1. The Morgan fingerprint density at radius 3 is 2.94 bits per heavy atom. The minimum atomic E-state index is 0.607. The second kappa shape index (κ2) is 5.78. The monoisotopic (exact) mass is 242 g/mol. The lowest BCUT2D eigenvalue weighted by Crippen LogP contribution is -2.06. The van der Waals surface area contributed by atoms with Gasteiger partial charge >= 0.3 is 0 Å². The van der Waals surface area contributed by atoms with E-state index in [9.17, 15) is 0 Å². The van der Waals surface area contributed by atoms with Crippen molar-refractivity contribution in [1.82, 2.24) is 0 Å². The summed E-state index contributed by atoms with van der Waals surface area (Å²) in [5.74, 6) is 1.65. The molecule has 0 amide bonds. The highest BCUT2D eigenvalue weighted by atomic mass is 16.5. The van der Waals surface area contributed by atoms with E-state index in [0.29, 0.717) is 12.1 Å². The summed E-state index contributed by atoms with van der Waals surface area (Å²) >= 11 is 0.